The summed E-state index contributed by atoms with van der Waals surface area (Å²) in [5, 5.41) is 0. The quantitative estimate of drug-likeness (QED) is 0.617. The molecule has 2 rings (SSSR count). The van der Waals surface area contributed by atoms with E-state index in [2.05, 4.69) is 34.1 Å². The van der Waals surface area contributed by atoms with E-state index in [9.17, 15) is 0 Å². The number of hydrogen-bond donors (Lipinski definition) is 2. The van der Waals surface area contributed by atoms with Crippen LogP contribution in [0.15, 0.2) is 0 Å². The van der Waals surface area contributed by atoms with Crippen molar-refractivity contribution in [2.75, 3.05) is 16.9 Å². The molecule has 0 bridgehead atoms. The Morgan fingerprint density at radius 1 is 1.33 bits per heavy atom. The maximum absolute atomic E-state index is 5.52. The van der Waals surface area contributed by atoms with Gasteiger partial charge in [-0.05, 0) is 46.5 Å². The Hall–Kier alpha value is -1.36. The monoisotopic (exact) mass is 249 g/mol. The first-order valence-corrected chi connectivity index (χ1v) is 6.61. The van der Waals surface area contributed by atoms with Gasteiger partial charge in [0, 0.05) is 18.2 Å². The van der Waals surface area contributed by atoms with Gasteiger partial charge < -0.3 is 10.3 Å². The number of nitrogens with two attached hydrogens (primary N) is 1. The number of hydrazine groups is 1. The molecule has 0 aromatic carbocycles. The molecule has 0 spiro atoms. The molecule has 0 aliphatic heterocycles. The molecule has 1 aromatic heterocycles. The van der Waals surface area contributed by atoms with Gasteiger partial charge in [0.1, 0.15) is 17.5 Å². The molecule has 5 nitrogen and oxygen atoms in total. The molecule has 1 aliphatic rings. The summed E-state index contributed by atoms with van der Waals surface area (Å²) in [5.41, 5.74) is 3.69. The Balaban J connectivity index is 2.35. The van der Waals surface area contributed by atoms with Gasteiger partial charge >= 0.3 is 0 Å². The maximum atomic E-state index is 5.52. The van der Waals surface area contributed by atoms with Gasteiger partial charge in [-0.25, -0.2) is 15.8 Å². The van der Waals surface area contributed by atoms with E-state index in [1.165, 1.54) is 12.8 Å². The summed E-state index contributed by atoms with van der Waals surface area (Å²) in [6, 6.07) is 0.434. The highest BCUT2D eigenvalue weighted by molar-refractivity contribution is 5.58. The first-order valence-electron chi connectivity index (χ1n) is 6.61. The van der Waals surface area contributed by atoms with Crippen LogP contribution in [0.5, 0.6) is 0 Å². The van der Waals surface area contributed by atoms with Crippen molar-refractivity contribution in [2.45, 2.75) is 46.6 Å². The van der Waals surface area contributed by atoms with Gasteiger partial charge in [0.05, 0.1) is 0 Å². The fourth-order valence-electron chi connectivity index (χ4n) is 2.15. The zero-order valence-corrected chi connectivity index (χ0v) is 11.7. The minimum absolute atomic E-state index is 0.434. The average molecular weight is 249 g/mol. The van der Waals surface area contributed by atoms with Crippen LogP contribution >= 0.6 is 0 Å². The first-order chi connectivity index (χ1) is 8.52. The molecule has 5 heteroatoms. The largest absolute Gasteiger partial charge is 0.354 e. The topological polar surface area (TPSA) is 67.1 Å². The van der Waals surface area contributed by atoms with Crippen molar-refractivity contribution in [1.82, 2.24) is 9.97 Å². The summed E-state index contributed by atoms with van der Waals surface area (Å²) in [4.78, 5) is 11.3. The summed E-state index contributed by atoms with van der Waals surface area (Å²) in [5.74, 6) is 8.84. The number of rotatable bonds is 5. The van der Waals surface area contributed by atoms with Crippen molar-refractivity contribution < 1.29 is 0 Å². The zero-order chi connectivity index (χ0) is 13.3. The molecule has 1 aliphatic carbocycles. The Labute approximate surface area is 109 Å². The van der Waals surface area contributed by atoms with Gasteiger partial charge in [0.2, 0.25) is 0 Å². The van der Waals surface area contributed by atoms with Gasteiger partial charge in [0.25, 0.3) is 0 Å². The highest BCUT2D eigenvalue weighted by Gasteiger charge is 2.27. The van der Waals surface area contributed by atoms with Gasteiger partial charge in [0.15, 0.2) is 0 Å². The lowest BCUT2D eigenvalue weighted by Crippen LogP contribution is -2.34. The van der Waals surface area contributed by atoms with Crippen molar-refractivity contribution in [3.05, 3.63) is 11.4 Å². The highest BCUT2D eigenvalue weighted by Crippen LogP contribution is 2.33. The normalized spacial score (nSPS) is 15.0. The number of aromatic nitrogens is 2. The van der Waals surface area contributed by atoms with Crippen LogP contribution in [0.4, 0.5) is 11.6 Å². The number of nitrogens with zero attached hydrogens (tertiary/aromatic N) is 3. The van der Waals surface area contributed by atoms with Crippen LogP contribution in [-0.4, -0.2) is 22.6 Å². The van der Waals surface area contributed by atoms with Gasteiger partial charge in [-0.1, -0.05) is 0 Å². The fraction of sp³-hybridized carbons (Fsp3) is 0.692. The molecule has 18 heavy (non-hydrogen) atoms. The second-order valence-corrected chi connectivity index (χ2v) is 5.40. The van der Waals surface area contributed by atoms with Crippen LogP contribution < -0.4 is 16.2 Å². The Kier molecular flexibility index (Phi) is 3.71. The van der Waals surface area contributed by atoms with Crippen LogP contribution in [0, 0.1) is 19.8 Å². The van der Waals surface area contributed by atoms with E-state index in [1.807, 2.05) is 13.8 Å². The van der Waals surface area contributed by atoms with Crippen molar-refractivity contribution >= 4 is 11.6 Å². The van der Waals surface area contributed by atoms with Gasteiger partial charge in [-0.15, -0.1) is 0 Å². The lowest BCUT2D eigenvalue weighted by atomic mass is 10.2. The van der Waals surface area contributed by atoms with Crippen LogP contribution in [0.3, 0.4) is 0 Å². The minimum Gasteiger partial charge on any atom is -0.354 e. The molecule has 0 saturated heterocycles. The SMILES string of the molecule is Cc1nc(NN)c(C)c(N(CC2CC2)C(C)C)n1. The van der Waals surface area contributed by atoms with E-state index < -0.39 is 0 Å². The number of anilines is 2. The summed E-state index contributed by atoms with van der Waals surface area (Å²) in [7, 11) is 0. The summed E-state index contributed by atoms with van der Waals surface area (Å²) < 4.78 is 0. The third kappa shape index (κ3) is 2.72. The second-order valence-electron chi connectivity index (χ2n) is 5.40. The van der Waals surface area contributed by atoms with Crippen molar-refractivity contribution in [3.8, 4) is 0 Å². The Bertz CT molecular complexity index is 426. The predicted molar refractivity (Wildman–Crippen MR) is 74.5 cm³/mol. The van der Waals surface area contributed by atoms with Crippen LogP contribution in [0.2, 0.25) is 0 Å². The average Bonchev–Trinajstić information content (AvgIpc) is 3.12. The first kappa shape index (κ1) is 13.1. The van der Waals surface area contributed by atoms with Crippen LogP contribution in [-0.2, 0) is 0 Å². The van der Waals surface area contributed by atoms with E-state index in [1.54, 1.807) is 0 Å². The fourth-order valence-corrected chi connectivity index (χ4v) is 2.15. The van der Waals surface area contributed by atoms with Crippen molar-refractivity contribution in [1.29, 1.82) is 0 Å². The molecular weight excluding hydrogens is 226 g/mol. The summed E-state index contributed by atoms with van der Waals surface area (Å²) in [6.45, 7) is 9.41. The smallest absolute Gasteiger partial charge is 0.148 e. The van der Waals surface area contributed by atoms with E-state index >= 15 is 0 Å². The van der Waals surface area contributed by atoms with Gasteiger partial charge in [-0.3, -0.25) is 0 Å². The predicted octanol–water partition coefficient (Wildman–Crippen LogP) is 2.00. The zero-order valence-electron chi connectivity index (χ0n) is 11.7. The summed E-state index contributed by atoms with van der Waals surface area (Å²) in [6.07, 6.45) is 2.68. The molecule has 1 aromatic rings. The molecule has 0 unspecified atom stereocenters. The van der Waals surface area contributed by atoms with E-state index in [0.29, 0.717) is 6.04 Å². The standard InChI is InChI=1S/C13H23N5/c1-8(2)18(7-11-5-6-11)13-9(3)12(17-14)15-10(4)16-13/h8,11H,5-7,14H2,1-4H3,(H,15,16,17). The van der Waals surface area contributed by atoms with Gasteiger partial charge in [-0.2, -0.15) is 0 Å². The van der Waals surface area contributed by atoms with E-state index in [-0.39, 0.29) is 0 Å². The number of nitrogens with one attached hydrogen (secondary N) is 1. The number of hydrogen-bond acceptors (Lipinski definition) is 5. The molecule has 0 amide bonds. The molecule has 1 fully saturated rings. The summed E-state index contributed by atoms with van der Waals surface area (Å²) >= 11 is 0. The molecule has 1 saturated carbocycles. The third-order valence-electron chi connectivity index (χ3n) is 3.42. The third-order valence-corrected chi connectivity index (χ3v) is 3.42. The highest BCUT2D eigenvalue weighted by atomic mass is 15.3. The molecule has 0 atom stereocenters. The van der Waals surface area contributed by atoms with Crippen LogP contribution in [0.1, 0.15) is 38.1 Å². The lowest BCUT2D eigenvalue weighted by Gasteiger charge is -2.30. The van der Waals surface area contributed by atoms with E-state index in [0.717, 1.165) is 35.5 Å². The number of aryl methyl sites for hydroxylation is 1. The van der Waals surface area contributed by atoms with E-state index in [4.69, 9.17) is 5.84 Å². The van der Waals surface area contributed by atoms with Crippen LogP contribution in [0.25, 0.3) is 0 Å². The lowest BCUT2D eigenvalue weighted by molar-refractivity contribution is 0.632. The molecule has 0 radical (unpaired) electrons. The molecular formula is C13H23N5. The van der Waals surface area contributed by atoms with Crippen molar-refractivity contribution in [2.24, 2.45) is 11.8 Å². The minimum atomic E-state index is 0.434. The maximum Gasteiger partial charge on any atom is 0.148 e. The van der Waals surface area contributed by atoms with Crippen molar-refractivity contribution in [3.63, 3.8) is 0 Å². The Morgan fingerprint density at radius 2 is 2.00 bits per heavy atom. The Morgan fingerprint density at radius 3 is 2.50 bits per heavy atom. The number of nitrogen functional groups attached to an aromatic ring is 1. The molecule has 3 N–H and O–H groups in total. The molecule has 1 heterocycles. The second kappa shape index (κ2) is 5.10. The molecule has 100 valence electrons.